The van der Waals surface area contributed by atoms with Gasteiger partial charge in [-0.15, -0.1) is 0 Å². The summed E-state index contributed by atoms with van der Waals surface area (Å²) >= 11 is 0. The largest absolute Gasteiger partial charge is 0.478 e. The first-order valence-corrected chi connectivity index (χ1v) is 33.9. The Morgan fingerprint density at radius 2 is 1.08 bits per heavy atom. The number of anilines is 2. The fourth-order valence-electron chi connectivity index (χ4n) is 13.5. The molecule has 10 N–H and O–H groups in total. The standard InChI is InChI=1S/C70H93N13O18.H2O/c1-31(2)49-66(93)82-25-17-19-43(82)64(91)78(13)29-45(84)80(15)55(33(5)6)69(97)99-37(11)51(62(89)74-49)76-60(87)41-27-42(72-28-39-21-23-40(24-22-39)68(95)96)35(9)58-53(41)73-54-47(48(71)57(86)36(10)59(54)101-58)61(88)77-52-38(12)100-70(98)56(34(7)8)81(16)46(85)30-79(14)65(92)44-20-18-26-83(44)67(94)50(32(3)4)75-63(52)90;/h21-24,27,31-34,37-38,43-44,49-52,55-56,72H,17-20,25-26,28-30,71H2,1-16H3,(H,74,89)(H,75,90)(H,76,87)(H,77,88)(H,95,96);1H2/t37-,38-,43+,44+,49-,50-,51+,52+,55+,56+;/m1./s1. The molecular weight excluding hydrogens is 1330 g/mol. The molecule has 0 saturated carbocycles. The number of carbonyl (C=O) groups is 13. The number of cyclic esters (lactones) is 2. The van der Waals surface area contributed by atoms with Gasteiger partial charge < -0.3 is 86.2 Å². The molecule has 6 aliphatic rings. The van der Waals surface area contributed by atoms with Gasteiger partial charge in [-0.2, -0.15) is 0 Å². The van der Waals surface area contributed by atoms with Crippen LogP contribution in [-0.2, 0) is 64.0 Å². The zero-order chi connectivity index (χ0) is 74.8. The first kappa shape index (κ1) is 79.1. The highest BCUT2D eigenvalue weighted by Crippen LogP contribution is 2.38. The second-order valence-electron chi connectivity index (χ2n) is 28.1. The van der Waals surface area contributed by atoms with E-state index in [4.69, 9.17) is 24.6 Å². The molecular formula is C70H95N13O19. The fourth-order valence-corrected chi connectivity index (χ4v) is 13.5. The van der Waals surface area contributed by atoms with Gasteiger partial charge in [0.2, 0.25) is 52.7 Å². The van der Waals surface area contributed by atoms with Crippen molar-refractivity contribution in [1.82, 2.24) is 55.7 Å². The molecule has 0 spiro atoms. The number of likely N-dealkylation sites (N-methyl/N-ethyl adjacent to an activating group) is 4. The molecule has 5 aliphatic heterocycles. The molecule has 4 fully saturated rings. The topological polar surface area (TPSA) is 441 Å². The van der Waals surface area contributed by atoms with Gasteiger partial charge in [0.05, 0.1) is 35.5 Å². The number of fused-ring (bicyclic) bond motifs is 4. The molecule has 2 aromatic carbocycles. The average molecular weight is 1420 g/mol. The predicted molar refractivity (Wildman–Crippen MR) is 370 cm³/mol. The number of nitrogens with zero attached hydrogens (tertiary/aromatic N) is 7. The Balaban J connectivity index is 0.0000146. The lowest BCUT2D eigenvalue weighted by atomic mass is 9.98. The van der Waals surface area contributed by atoms with Gasteiger partial charge in [0.1, 0.15) is 71.8 Å². The minimum absolute atomic E-state index is 0. The average Bonchev–Trinajstić information content (AvgIpc) is 0.915. The number of amides is 10. The van der Waals surface area contributed by atoms with Crippen molar-refractivity contribution < 1.29 is 86.8 Å². The molecule has 5 heterocycles. The second-order valence-corrected chi connectivity index (χ2v) is 28.1. The first-order chi connectivity index (χ1) is 47.4. The molecule has 1 aliphatic carbocycles. The van der Waals surface area contributed by atoms with Crippen molar-refractivity contribution in [2.75, 3.05) is 65.4 Å². The van der Waals surface area contributed by atoms with Gasteiger partial charge in [-0.1, -0.05) is 67.5 Å². The summed E-state index contributed by atoms with van der Waals surface area (Å²) in [5.74, 6) is -14.3. The molecule has 0 unspecified atom stereocenters. The minimum atomic E-state index is -1.94. The van der Waals surface area contributed by atoms with Crippen LogP contribution >= 0.6 is 0 Å². The van der Waals surface area contributed by atoms with Crippen molar-refractivity contribution in [2.45, 2.75) is 176 Å². The third-order valence-electron chi connectivity index (χ3n) is 19.4. The van der Waals surface area contributed by atoms with Crippen LogP contribution in [0.15, 0.2) is 39.5 Å². The fraction of sp³-hybridized carbons (Fsp3) is 0.557. The van der Waals surface area contributed by atoms with Gasteiger partial charge in [-0.05, 0) is 101 Å². The van der Waals surface area contributed by atoms with Crippen LogP contribution in [0.1, 0.15) is 143 Å². The SMILES string of the molecule is Cc1c2oc3c(C)c(NCc4ccc(C(=O)O)cc4)cc(C(=O)N[C@@H]4C(=O)N[C@H](C(C)C)C(=O)N5CCC[C@H]5C(=O)N(C)CC(=O)N(C)[C@@H](C(C)C)C(=O)O[C@@H]4C)c3nc-2c(C(=O)N[C@@H]2C(=O)N[C@H](C(C)C)C(=O)N3CCC[C@H]3C(=O)N(C)CC(=O)N(C)[C@@H](C(C)C)C(=O)O[C@@H]2C)c(N)c1=O.O. The molecule has 0 radical (unpaired) electrons. The molecule has 32 heteroatoms. The van der Waals surface area contributed by atoms with Crippen molar-refractivity contribution in [3.8, 4) is 11.5 Å². The molecule has 32 nitrogen and oxygen atoms in total. The molecule has 102 heavy (non-hydrogen) atoms. The Morgan fingerprint density at radius 1 is 0.637 bits per heavy atom. The Morgan fingerprint density at radius 3 is 1.50 bits per heavy atom. The van der Waals surface area contributed by atoms with Crippen LogP contribution in [0.5, 0.6) is 0 Å². The summed E-state index contributed by atoms with van der Waals surface area (Å²) in [6, 6.07) is -3.95. The normalized spacial score (nSPS) is 24.3. The predicted octanol–water partition coefficient (Wildman–Crippen LogP) is 1.21. The number of carboxylic acid groups (broad SMARTS) is 1. The number of esters is 2. The highest BCUT2D eigenvalue weighted by molar-refractivity contribution is 6.11. The first-order valence-electron chi connectivity index (χ1n) is 33.9. The highest BCUT2D eigenvalue weighted by Gasteiger charge is 2.47. The van der Waals surface area contributed by atoms with E-state index >= 15 is 19.2 Å². The number of nitrogens with two attached hydrogens (primary N) is 1. The number of aryl methyl sites for hydroxylation is 1. The summed E-state index contributed by atoms with van der Waals surface area (Å²) < 4.78 is 18.7. The molecule has 8 rings (SSSR count). The lowest BCUT2D eigenvalue weighted by Crippen LogP contribution is -2.61. The van der Waals surface area contributed by atoms with E-state index in [1.165, 1.54) is 86.8 Å². The number of rotatable bonds is 12. The van der Waals surface area contributed by atoms with E-state index in [1.807, 2.05) is 0 Å². The third-order valence-corrected chi connectivity index (χ3v) is 19.4. The molecule has 2 aromatic rings. The zero-order valence-electron chi connectivity index (χ0n) is 60.4. The van der Waals surface area contributed by atoms with Crippen LogP contribution in [-0.4, -0.2) is 237 Å². The summed E-state index contributed by atoms with van der Waals surface area (Å²) in [6.07, 6.45) is -1.90. The van der Waals surface area contributed by atoms with Crippen molar-refractivity contribution in [2.24, 2.45) is 23.7 Å². The van der Waals surface area contributed by atoms with Crippen LogP contribution in [0.25, 0.3) is 22.6 Å². The monoisotopic (exact) mass is 1420 g/mol. The number of hydrogen-bond donors (Lipinski definition) is 7. The zero-order valence-corrected chi connectivity index (χ0v) is 60.4. The van der Waals surface area contributed by atoms with E-state index in [9.17, 15) is 53.1 Å². The quantitative estimate of drug-likeness (QED) is 0.0595. The van der Waals surface area contributed by atoms with E-state index in [-0.39, 0.29) is 77.2 Å². The lowest BCUT2D eigenvalue weighted by Gasteiger charge is -2.36. The van der Waals surface area contributed by atoms with Gasteiger partial charge in [-0.25, -0.2) is 19.4 Å². The number of carbonyl (C=O) groups excluding carboxylic acids is 12. The van der Waals surface area contributed by atoms with Gasteiger partial charge in [0.15, 0.2) is 11.3 Å². The number of ether oxygens (including phenoxy) is 2. The van der Waals surface area contributed by atoms with Gasteiger partial charge >= 0.3 is 17.9 Å². The summed E-state index contributed by atoms with van der Waals surface area (Å²) in [4.78, 5) is 214. The van der Waals surface area contributed by atoms with Crippen LogP contribution in [0.2, 0.25) is 0 Å². The van der Waals surface area contributed by atoms with Gasteiger partial charge in [-0.3, -0.25) is 52.7 Å². The number of carboxylic acids is 1. The number of aromatic nitrogens is 1. The Hall–Kier alpha value is -10.3. The lowest BCUT2D eigenvalue weighted by molar-refractivity contribution is -0.163. The van der Waals surface area contributed by atoms with E-state index in [1.54, 1.807) is 74.4 Å². The van der Waals surface area contributed by atoms with Gasteiger partial charge in [0, 0.05) is 64.6 Å². The van der Waals surface area contributed by atoms with E-state index in [2.05, 4.69) is 26.6 Å². The Kier molecular flexibility index (Phi) is 24.9. The smallest absolute Gasteiger partial charge is 0.335 e. The van der Waals surface area contributed by atoms with E-state index < -0.39 is 202 Å². The number of benzene rings is 3. The molecule has 10 amide bonds. The minimum Gasteiger partial charge on any atom is -0.478 e. The molecule has 554 valence electrons. The summed E-state index contributed by atoms with van der Waals surface area (Å²) in [7, 11) is 5.53. The van der Waals surface area contributed by atoms with Crippen LogP contribution < -0.4 is 37.7 Å². The van der Waals surface area contributed by atoms with Crippen LogP contribution in [0, 0.1) is 37.5 Å². The van der Waals surface area contributed by atoms with Crippen molar-refractivity contribution in [3.63, 3.8) is 0 Å². The Labute approximate surface area is 590 Å². The summed E-state index contributed by atoms with van der Waals surface area (Å²) in [5.41, 5.74) is 3.67. The van der Waals surface area contributed by atoms with Crippen molar-refractivity contribution in [1.29, 1.82) is 0 Å². The second kappa shape index (κ2) is 32.2. The maximum Gasteiger partial charge on any atom is 0.335 e. The van der Waals surface area contributed by atoms with Gasteiger partial charge in [0.25, 0.3) is 11.8 Å². The number of nitrogen functional groups attached to an aromatic ring is 1. The molecule has 0 aromatic heterocycles. The number of nitrogens with one attached hydrogen (secondary N) is 5. The van der Waals surface area contributed by atoms with Crippen LogP contribution in [0.3, 0.4) is 0 Å². The number of aromatic carboxylic acids is 1. The maximum absolute atomic E-state index is 15.7. The van der Waals surface area contributed by atoms with Crippen LogP contribution in [0.4, 0.5) is 11.4 Å². The molecule has 4 saturated heterocycles. The summed E-state index contributed by atoms with van der Waals surface area (Å²) in [5, 5.41) is 23.6. The molecule has 0 bridgehead atoms. The Bertz CT molecular complexity index is 4000. The number of hydrogen-bond acceptors (Lipinski definition) is 20. The van der Waals surface area contributed by atoms with E-state index in [0.29, 0.717) is 18.4 Å². The highest BCUT2D eigenvalue weighted by atomic mass is 16.6. The maximum atomic E-state index is 15.7. The summed E-state index contributed by atoms with van der Waals surface area (Å²) in [6.45, 7) is 18.0. The van der Waals surface area contributed by atoms with Crippen molar-refractivity contribution in [3.05, 3.63) is 73.9 Å². The molecule has 10 atom stereocenters. The van der Waals surface area contributed by atoms with Crippen molar-refractivity contribution >= 4 is 99.5 Å². The third kappa shape index (κ3) is 16.2. The van der Waals surface area contributed by atoms with E-state index in [0.717, 1.165) is 9.80 Å².